The summed E-state index contributed by atoms with van der Waals surface area (Å²) < 4.78 is 0. The zero-order valence-corrected chi connectivity index (χ0v) is 14.3. The van der Waals surface area contributed by atoms with Crippen LogP contribution in [0, 0.1) is 0 Å². The summed E-state index contributed by atoms with van der Waals surface area (Å²) in [6, 6.07) is 10.4. The van der Waals surface area contributed by atoms with Crippen molar-refractivity contribution in [1.29, 1.82) is 0 Å². The van der Waals surface area contributed by atoms with Gasteiger partial charge in [-0.15, -0.1) is 0 Å². The SMILES string of the molecule is CC(CCO)N(CC(=O)N1CCN(C)CC1)Cc1ccccc1. The Balaban J connectivity index is 1.97. The van der Waals surface area contributed by atoms with E-state index in [1.165, 1.54) is 5.56 Å². The van der Waals surface area contributed by atoms with Gasteiger partial charge in [-0.05, 0) is 26.0 Å². The molecule has 0 aliphatic carbocycles. The fourth-order valence-electron chi connectivity index (χ4n) is 2.88. The van der Waals surface area contributed by atoms with Gasteiger partial charge in [0.25, 0.3) is 0 Å². The van der Waals surface area contributed by atoms with Gasteiger partial charge in [-0.1, -0.05) is 30.3 Å². The van der Waals surface area contributed by atoms with Gasteiger partial charge >= 0.3 is 0 Å². The van der Waals surface area contributed by atoms with E-state index in [0.29, 0.717) is 13.0 Å². The van der Waals surface area contributed by atoms with Crippen LogP contribution in [0.15, 0.2) is 30.3 Å². The van der Waals surface area contributed by atoms with Crippen molar-refractivity contribution in [1.82, 2.24) is 14.7 Å². The lowest BCUT2D eigenvalue weighted by atomic mass is 10.1. The summed E-state index contributed by atoms with van der Waals surface area (Å²) in [5, 5.41) is 9.24. The molecule has 0 radical (unpaired) electrons. The van der Waals surface area contributed by atoms with E-state index >= 15 is 0 Å². The number of piperazine rings is 1. The lowest BCUT2D eigenvalue weighted by molar-refractivity contribution is -0.134. The van der Waals surface area contributed by atoms with Crippen molar-refractivity contribution in [3.63, 3.8) is 0 Å². The molecule has 1 unspecified atom stereocenters. The fourth-order valence-corrected chi connectivity index (χ4v) is 2.88. The number of carbonyl (C=O) groups excluding carboxylic acids is 1. The molecule has 1 aromatic carbocycles. The minimum Gasteiger partial charge on any atom is -0.396 e. The number of rotatable bonds is 7. The second kappa shape index (κ2) is 9.01. The third kappa shape index (κ3) is 5.61. The Morgan fingerprint density at radius 1 is 1.22 bits per heavy atom. The Morgan fingerprint density at radius 3 is 2.48 bits per heavy atom. The third-order valence-corrected chi connectivity index (χ3v) is 4.59. The molecule has 5 nitrogen and oxygen atoms in total. The van der Waals surface area contributed by atoms with Crippen LogP contribution in [-0.2, 0) is 11.3 Å². The summed E-state index contributed by atoms with van der Waals surface area (Å²) in [4.78, 5) is 19.0. The molecule has 5 heteroatoms. The van der Waals surface area contributed by atoms with Crippen LogP contribution in [0.25, 0.3) is 0 Å². The van der Waals surface area contributed by atoms with Crippen LogP contribution in [0.1, 0.15) is 18.9 Å². The maximum Gasteiger partial charge on any atom is 0.236 e. The highest BCUT2D eigenvalue weighted by Crippen LogP contribution is 2.12. The van der Waals surface area contributed by atoms with E-state index < -0.39 is 0 Å². The van der Waals surface area contributed by atoms with Gasteiger partial charge in [0, 0.05) is 45.4 Å². The Kier molecular flexibility index (Phi) is 7.02. The van der Waals surface area contributed by atoms with E-state index in [0.717, 1.165) is 32.7 Å². The van der Waals surface area contributed by atoms with Crippen LogP contribution < -0.4 is 0 Å². The fraction of sp³-hybridized carbons (Fsp3) is 0.611. The molecule has 23 heavy (non-hydrogen) atoms. The lowest BCUT2D eigenvalue weighted by Crippen LogP contribution is -2.51. The van der Waals surface area contributed by atoms with Gasteiger partial charge in [0.1, 0.15) is 0 Å². The number of hydrogen-bond acceptors (Lipinski definition) is 4. The maximum atomic E-state index is 12.6. The smallest absolute Gasteiger partial charge is 0.236 e. The van der Waals surface area contributed by atoms with E-state index in [1.807, 2.05) is 23.1 Å². The normalized spacial score (nSPS) is 17.5. The Labute approximate surface area is 139 Å². The maximum absolute atomic E-state index is 12.6. The molecule has 1 heterocycles. The topological polar surface area (TPSA) is 47.0 Å². The van der Waals surface area contributed by atoms with Gasteiger partial charge in [-0.2, -0.15) is 0 Å². The quantitative estimate of drug-likeness (QED) is 0.815. The molecule has 1 fully saturated rings. The number of likely N-dealkylation sites (N-methyl/N-ethyl adjacent to an activating group) is 1. The molecule has 1 amide bonds. The largest absolute Gasteiger partial charge is 0.396 e. The first kappa shape index (κ1) is 17.9. The van der Waals surface area contributed by atoms with Gasteiger partial charge in [-0.25, -0.2) is 0 Å². The average molecular weight is 319 g/mol. The molecule has 1 aromatic rings. The predicted octanol–water partition coefficient (Wildman–Crippen LogP) is 1.03. The molecule has 0 aromatic heterocycles. The van der Waals surface area contributed by atoms with E-state index in [1.54, 1.807) is 0 Å². The van der Waals surface area contributed by atoms with Gasteiger partial charge in [0.05, 0.1) is 6.54 Å². The molecular weight excluding hydrogens is 290 g/mol. The van der Waals surface area contributed by atoms with E-state index in [-0.39, 0.29) is 18.6 Å². The van der Waals surface area contributed by atoms with Crippen molar-refractivity contribution in [2.45, 2.75) is 25.9 Å². The summed E-state index contributed by atoms with van der Waals surface area (Å²) in [5.41, 5.74) is 1.20. The minimum absolute atomic E-state index is 0.148. The number of benzene rings is 1. The van der Waals surface area contributed by atoms with Crippen LogP contribution in [0.5, 0.6) is 0 Å². The standard InChI is InChI=1S/C18H29N3O2/c1-16(8-13-22)21(14-17-6-4-3-5-7-17)15-18(23)20-11-9-19(2)10-12-20/h3-7,16,22H,8-15H2,1-2H3. The molecule has 1 aliphatic heterocycles. The van der Waals surface area contributed by atoms with Crippen molar-refractivity contribution >= 4 is 5.91 Å². The number of amides is 1. The van der Waals surface area contributed by atoms with Crippen molar-refractivity contribution in [3.05, 3.63) is 35.9 Å². The van der Waals surface area contributed by atoms with Gasteiger partial charge in [0.15, 0.2) is 0 Å². The van der Waals surface area contributed by atoms with Crippen molar-refractivity contribution in [3.8, 4) is 0 Å². The van der Waals surface area contributed by atoms with Crippen LogP contribution in [0.2, 0.25) is 0 Å². The highest BCUT2D eigenvalue weighted by molar-refractivity contribution is 5.78. The van der Waals surface area contributed by atoms with Gasteiger partial charge in [-0.3, -0.25) is 9.69 Å². The summed E-state index contributed by atoms with van der Waals surface area (Å²) in [6.07, 6.45) is 0.683. The monoisotopic (exact) mass is 319 g/mol. The second-order valence-corrected chi connectivity index (χ2v) is 6.44. The Bertz CT molecular complexity index is 472. The summed E-state index contributed by atoms with van der Waals surface area (Å²) in [7, 11) is 2.09. The number of carbonyl (C=O) groups is 1. The molecular formula is C18H29N3O2. The first-order chi connectivity index (χ1) is 11.1. The molecule has 2 rings (SSSR count). The molecule has 1 N–H and O–H groups in total. The number of hydrogen-bond donors (Lipinski definition) is 1. The zero-order chi connectivity index (χ0) is 16.7. The molecule has 1 aliphatic rings. The number of nitrogens with zero attached hydrogens (tertiary/aromatic N) is 3. The van der Waals surface area contributed by atoms with Crippen molar-refractivity contribution < 1.29 is 9.90 Å². The molecule has 0 saturated carbocycles. The molecule has 1 atom stereocenters. The summed E-state index contributed by atoms with van der Waals surface area (Å²) >= 11 is 0. The Hall–Kier alpha value is -1.43. The highest BCUT2D eigenvalue weighted by Gasteiger charge is 2.23. The van der Waals surface area contributed by atoms with E-state index in [4.69, 9.17) is 0 Å². The summed E-state index contributed by atoms with van der Waals surface area (Å²) in [6.45, 7) is 6.88. The second-order valence-electron chi connectivity index (χ2n) is 6.44. The minimum atomic E-state index is 0.148. The number of aliphatic hydroxyl groups is 1. The first-order valence-corrected chi connectivity index (χ1v) is 8.45. The van der Waals surface area contributed by atoms with Gasteiger partial charge < -0.3 is 14.9 Å². The molecule has 0 bridgehead atoms. The van der Waals surface area contributed by atoms with Crippen LogP contribution >= 0.6 is 0 Å². The average Bonchev–Trinajstić information content (AvgIpc) is 2.56. The van der Waals surface area contributed by atoms with Crippen LogP contribution in [0.4, 0.5) is 0 Å². The van der Waals surface area contributed by atoms with E-state index in [2.05, 4.69) is 35.9 Å². The first-order valence-electron chi connectivity index (χ1n) is 8.45. The van der Waals surface area contributed by atoms with Crippen molar-refractivity contribution in [2.24, 2.45) is 0 Å². The number of aliphatic hydroxyl groups excluding tert-OH is 1. The van der Waals surface area contributed by atoms with Crippen molar-refractivity contribution in [2.75, 3.05) is 46.4 Å². The lowest BCUT2D eigenvalue weighted by Gasteiger charge is -2.35. The Morgan fingerprint density at radius 2 is 1.87 bits per heavy atom. The summed E-state index contributed by atoms with van der Waals surface area (Å²) in [5.74, 6) is 0.193. The zero-order valence-electron chi connectivity index (χ0n) is 14.3. The molecule has 128 valence electrons. The highest BCUT2D eigenvalue weighted by atomic mass is 16.3. The predicted molar refractivity (Wildman–Crippen MR) is 92.1 cm³/mol. The van der Waals surface area contributed by atoms with Crippen LogP contribution in [-0.4, -0.2) is 78.1 Å². The van der Waals surface area contributed by atoms with E-state index in [9.17, 15) is 9.90 Å². The van der Waals surface area contributed by atoms with Crippen LogP contribution in [0.3, 0.4) is 0 Å². The van der Waals surface area contributed by atoms with Gasteiger partial charge in [0.2, 0.25) is 5.91 Å². The third-order valence-electron chi connectivity index (χ3n) is 4.59. The molecule has 1 saturated heterocycles. The molecule has 0 spiro atoms.